The quantitative estimate of drug-likeness (QED) is 0.636. The number of rotatable bonds is 4. The minimum absolute atomic E-state index is 0.0326. The molecule has 5 nitrogen and oxygen atoms in total. The van der Waals surface area contributed by atoms with Gasteiger partial charge in [0.25, 0.3) is 5.91 Å². The maximum atomic E-state index is 12.6. The van der Waals surface area contributed by atoms with Crippen molar-refractivity contribution in [3.8, 4) is 11.3 Å². The number of amides is 1. The van der Waals surface area contributed by atoms with Gasteiger partial charge in [0.2, 0.25) is 0 Å². The zero-order valence-electron chi connectivity index (χ0n) is 16.3. The fourth-order valence-electron chi connectivity index (χ4n) is 3.90. The van der Waals surface area contributed by atoms with E-state index < -0.39 is 0 Å². The van der Waals surface area contributed by atoms with E-state index in [0.717, 1.165) is 52.5 Å². The van der Waals surface area contributed by atoms with Crippen molar-refractivity contribution in [3.63, 3.8) is 0 Å². The second-order valence-electron chi connectivity index (χ2n) is 7.72. The predicted octanol–water partition coefficient (Wildman–Crippen LogP) is 4.12. The van der Waals surface area contributed by atoms with E-state index in [9.17, 15) is 4.79 Å². The molecule has 0 unspecified atom stereocenters. The van der Waals surface area contributed by atoms with Crippen LogP contribution in [0.5, 0.6) is 0 Å². The highest BCUT2D eigenvalue weighted by atomic mass is 32.1. The Labute approximate surface area is 163 Å². The van der Waals surface area contributed by atoms with Crippen LogP contribution in [0.25, 0.3) is 21.5 Å². The van der Waals surface area contributed by atoms with Crippen LogP contribution in [-0.4, -0.2) is 35.0 Å². The highest BCUT2D eigenvalue weighted by Gasteiger charge is 2.23. The lowest BCUT2D eigenvalue weighted by atomic mass is 9.99. The number of aromatic nitrogens is 2. The van der Waals surface area contributed by atoms with Crippen LogP contribution >= 0.6 is 11.3 Å². The van der Waals surface area contributed by atoms with Crippen molar-refractivity contribution in [1.82, 2.24) is 20.6 Å². The smallest absolute Gasteiger partial charge is 0.261 e. The minimum Gasteiger partial charge on any atom is -0.354 e. The number of aromatic amines is 1. The Hall–Kier alpha value is -2.18. The maximum Gasteiger partial charge on any atom is 0.261 e. The summed E-state index contributed by atoms with van der Waals surface area (Å²) in [5.41, 5.74) is 6.66. The standard InChI is InChI=1S/C21H26N4OS/c1-11(2)18-19(14-7-12(3)23-13(4)8-14)25-16-9-17(27-20(16)18)21(26)24-15-5-6-22-10-15/h7-9,11,15,22,25H,5-6,10H2,1-4H3,(H,24,26)/t15-/m1/s1. The zero-order chi connectivity index (χ0) is 19.1. The van der Waals surface area contributed by atoms with E-state index >= 15 is 0 Å². The van der Waals surface area contributed by atoms with Crippen LogP contribution in [0.2, 0.25) is 0 Å². The summed E-state index contributed by atoms with van der Waals surface area (Å²) < 4.78 is 1.18. The molecule has 3 aromatic rings. The van der Waals surface area contributed by atoms with Crippen molar-refractivity contribution < 1.29 is 4.79 Å². The molecule has 1 aliphatic rings. The third-order valence-corrected chi connectivity index (χ3v) is 6.24. The Morgan fingerprint density at radius 2 is 2.00 bits per heavy atom. The number of hydrogen-bond acceptors (Lipinski definition) is 4. The third-order valence-electron chi connectivity index (χ3n) is 5.07. The van der Waals surface area contributed by atoms with Crippen molar-refractivity contribution in [2.45, 2.75) is 46.1 Å². The molecular weight excluding hydrogens is 356 g/mol. The first-order chi connectivity index (χ1) is 12.9. The number of carbonyl (C=O) groups is 1. The molecule has 3 N–H and O–H groups in total. The van der Waals surface area contributed by atoms with Gasteiger partial charge in [-0.2, -0.15) is 0 Å². The summed E-state index contributed by atoms with van der Waals surface area (Å²) >= 11 is 1.59. The van der Waals surface area contributed by atoms with Gasteiger partial charge in [-0.25, -0.2) is 0 Å². The first kappa shape index (κ1) is 18.2. The molecule has 1 amide bonds. The molecule has 0 saturated carbocycles. The van der Waals surface area contributed by atoms with E-state index in [0.29, 0.717) is 5.92 Å². The highest BCUT2D eigenvalue weighted by molar-refractivity contribution is 7.21. The summed E-state index contributed by atoms with van der Waals surface area (Å²) in [6.07, 6.45) is 0.997. The number of nitrogens with zero attached hydrogens (tertiary/aromatic N) is 1. The molecule has 1 aliphatic heterocycles. The summed E-state index contributed by atoms with van der Waals surface area (Å²) in [6.45, 7) is 10.3. The van der Waals surface area contributed by atoms with E-state index in [1.807, 2.05) is 19.9 Å². The first-order valence-corrected chi connectivity index (χ1v) is 10.4. The number of thiophene rings is 1. The van der Waals surface area contributed by atoms with E-state index in [2.05, 4.69) is 46.6 Å². The van der Waals surface area contributed by atoms with Crippen LogP contribution in [0, 0.1) is 13.8 Å². The molecule has 1 saturated heterocycles. The van der Waals surface area contributed by atoms with Crippen molar-refractivity contribution in [2.75, 3.05) is 13.1 Å². The van der Waals surface area contributed by atoms with Gasteiger partial charge < -0.3 is 15.6 Å². The lowest BCUT2D eigenvalue weighted by molar-refractivity contribution is 0.0944. The molecule has 27 heavy (non-hydrogen) atoms. The van der Waals surface area contributed by atoms with Crippen molar-refractivity contribution in [1.29, 1.82) is 0 Å². The van der Waals surface area contributed by atoms with Gasteiger partial charge in [0, 0.05) is 29.5 Å². The molecule has 1 fully saturated rings. The SMILES string of the molecule is Cc1cc(-c2[nH]c3cc(C(=O)N[C@@H]4CCNC4)sc3c2C(C)C)cc(C)n1. The van der Waals surface area contributed by atoms with Gasteiger partial charge >= 0.3 is 0 Å². The number of nitrogens with one attached hydrogen (secondary N) is 3. The molecule has 4 rings (SSSR count). The molecule has 0 radical (unpaired) electrons. The van der Waals surface area contributed by atoms with Gasteiger partial charge in [-0.15, -0.1) is 11.3 Å². The Kier molecular flexibility index (Phi) is 4.78. The Balaban J connectivity index is 1.73. The Bertz CT molecular complexity index is 975. The number of carbonyl (C=O) groups excluding carboxylic acids is 1. The Morgan fingerprint density at radius 3 is 2.63 bits per heavy atom. The summed E-state index contributed by atoms with van der Waals surface area (Å²) in [5.74, 6) is 0.390. The van der Waals surface area contributed by atoms with Gasteiger partial charge in [-0.1, -0.05) is 13.8 Å². The highest BCUT2D eigenvalue weighted by Crippen LogP contribution is 2.40. The van der Waals surface area contributed by atoms with Crippen LogP contribution in [0.4, 0.5) is 0 Å². The summed E-state index contributed by atoms with van der Waals surface area (Å²) in [4.78, 5) is 21.5. The third kappa shape index (κ3) is 3.51. The van der Waals surface area contributed by atoms with Crippen LogP contribution in [0.3, 0.4) is 0 Å². The van der Waals surface area contributed by atoms with Crippen LogP contribution in [0.15, 0.2) is 18.2 Å². The van der Waals surface area contributed by atoms with Crippen LogP contribution < -0.4 is 10.6 Å². The second kappa shape index (κ2) is 7.09. The fourth-order valence-corrected chi connectivity index (χ4v) is 5.12. The second-order valence-corrected chi connectivity index (χ2v) is 8.78. The molecule has 0 aliphatic carbocycles. The number of fused-ring (bicyclic) bond motifs is 1. The first-order valence-electron chi connectivity index (χ1n) is 9.55. The average Bonchev–Trinajstić information content (AvgIpc) is 3.28. The maximum absolute atomic E-state index is 12.6. The van der Waals surface area contributed by atoms with Crippen LogP contribution in [0.1, 0.15) is 52.8 Å². The molecular formula is C21H26N4OS. The van der Waals surface area contributed by atoms with Gasteiger partial charge in [-0.05, 0) is 56.5 Å². The lowest BCUT2D eigenvalue weighted by Gasteiger charge is -2.11. The van der Waals surface area contributed by atoms with Crippen molar-refractivity contribution >= 4 is 27.5 Å². The van der Waals surface area contributed by atoms with Gasteiger partial charge in [0.15, 0.2) is 0 Å². The number of hydrogen-bond donors (Lipinski definition) is 3. The molecule has 0 spiro atoms. The van der Waals surface area contributed by atoms with E-state index in [1.54, 1.807) is 11.3 Å². The fraction of sp³-hybridized carbons (Fsp3) is 0.429. The summed E-state index contributed by atoms with van der Waals surface area (Å²) in [5, 5.41) is 6.43. The van der Waals surface area contributed by atoms with Gasteiger partial charge in [0.05, 0.1) is 20.8 Å². The molecule has 0 bridgehead atoms. The number of aryl methyl sites for hydroxylation is 2. The molecule has 3 aromatic heterocycles. The normalized spacial score (nSPS) is 17.1. The molecule has 0 aromatic carbocycles. The molecule has 6 heteroatoms. The van der Waals surface area contributed by atoms with Crippen molar-refractivity contribution in [2.24, 2.45) is 0 Å². The van der Waals surface area contributed by atoms with E-state index in [4.69, 9.17) is 0 Å². The van der Waals surface area contributed by atoms with Crippen molar-refractivity contribution in [3.05, 3.63) is 40.0 Å². The Morgan fingerprint density at radius 1 is 1.26 bits per heavy atom. The van der Waals surface area contributed by atoms with Gasteiger partial charge in [-0.3, -0.25) is 9.78 Å². The summed E-state index contributed by atoms with van der Waals surface area (Å²) in [7, 11) is 0. The predicted molar refractivity (Wildman–Crippen MR) is 112 cm³/mol. The molecule has 4 heterocycles. The summed E-state index contributed by atoms with van der Waals surface area (Å²) in [6, 6.07) is 6.47. The monoisotopic (exact) mass is 382 g/mol. The molecule has 1 atom stereocenters. The number of pyridine rings is 1. The average molecular weight is 383 g/mol. The van der Waals surface area contributed by atoms with E-state index in [1.165, 1.54) is 10.3 Å². The van der Waals surface area contributed by atoms with Crippen LogP contribution in [-0.2, 0) is 0 Å². The zero-order valence-corrected chi connectivity index (χ0v) is 17.1. The topological polar surface area (TPSA) is 69.8 Å². The van der Waals surface area contributed by atoms with E-state index in [-0.39, 0.29) is 11.9 Å². The number of H-pyrrole nitrogens is 1. The minimum atomic E-state index is 0.0326. The largest absolute Gasteiger partial charge is 0.354 e. The van der Waals surface area contributed by atoms with Gasteiger partial charge in [0.1, 0.15) is 0 Å². The molecule has 142 valence electrons. The lowest BCUT2D eigenvalue weighted by Crippen LogP contribution is -2.35.